The second kappa shape index (κ2) is 5.19. The highest BCUT2D eigenvalue weighted by molar-refractivity contribution is 6.00. The van der Waals surface area contributed by atoms with Crippen molar-refractivity contribution in [3.05, 3.63) is 11.1 Å². The van der Waals surface area contributed by atoms with Crippen LogP contribution in [0.5, 0.6) is 0 Å². The summed E-state index contributed by atoms with van der Waals surface area (Å²) in [7, 11) is 0. The highest BCUT2D eigenvalue weighted by Crippen LogP contribution is 2.59. The minimum atomic E-state index is -0.856. The van der Waals surface area contributed by atoms with Crippen molar-refractivity contribution in [1.82, 2.24) is 0 Å². The third kappa shape index (κ3) is 2.21. The predicted molar refractivity (Wildman–Crippen MR) is 89.4 cm³/mol. The van der Waals surface area contributed by atoms with E-state index in [9.17, 15) is 9.90 Å². The summed E-state index contributed by atoms with van der Waals surface area (Å²) < 4.78 is 0. The molecule has 0 aliphatic heterocycles. The van der Waals surface area contributed by atoms with E-state index in [0.717, 1.165) is 41.7 Å². The predicted octanol–water partition coefficient (Wildman–Crippen LogP) is 4.52. The van der Waals surface area contributed by atoms with Crippen molar-refractivity contribution in [3.8, 4) is 0 Å². The van der Waals surface area contributed by atoms with Gasteiger partial charge in [-0.3, -0.25) is 4.79 Å². The fourth-order valence-corrected chi connectivity index (χ4v) is 5.79. The zero-order valence-electron chi connectivity index (χ0n) is 14.9. The molecular weight excluding hydrogens is 272 g/mol. The Morgan fingerprint density at radius 2 is 1.86 bits per heavy atom. The van der Waals surface area contributed by atoms with Crippen molar-refractivity contribution in [2.75, 3.05) is 0 Å². The van der Waals surface area contributed by atoms with Crippen LogP contribution in [0.3, 0.4) is 0 Å². The van der Waals surface area contributed by atoms with Gasteiger partial charge in [-0.2, -0.15) is 0 Å². The van der Waals surface area contributed by atoms with Gasteiger partial charge in [-0.15, -0.1) is 0 Å². The highest BCUT2D eigenvalue weighted by atomic mass is 16.3. The van der Waals surface area contributed by atoms with Crippen LogP contribution in [0.4, 0.5) is 0 Å². The number of hydrogen-bond acceptors (Lipinski definition) is 2. The number of ketones is 1. The average molecular weight is 304 g/mol. The van der Waals surface area contributed by atoms with Gasteiger partial charge < -0.3 is 5.11 Å². The Morgan fingerprint density at radius 1 is 1.18 bits per heavy atom. The maximum absolute atomic E-state index is 12.3. The molecule has 2 fully saturated rings. The van der Waals surface area contributed by atoms with Gasteiger partial charge >= 0.3 is 0 Å². The van der Waals surface area contributed by atoms with Crippen LogP contribution < -0.4 is 0 Å². The molecule has 0 saturated heterocycles. The fourth-order valence-electron chi connectivity index (χ4n) is 5.79. The molecule has 3 aliphatic carbocycles. The van der Waals surface area contributed by atoms with E-state index >= 15 is 0 Å². The normalized spacial score (nSPS) is 45.8. The smallest absolute Gasteiger partial charge is 0.161 e. The summed E-state index contributed by atoms with van der Waals surface area (Å²) in [5, 5.41) is 11.3. The van der Waals surface area contributed by atoms with Gasteiger partial charge in [0.2, 0.25) is 0 Å². The van der Waals surface area contributed by atoms with Gasteiger partial charge in [0.05, 0.1) is 5.60 Å². The van der Waals surface area contributed by atoms with Crippen LogP contribution in [0.1, 0.15) is 73.1 Å². The van der Waals surface area contributed by atoms with E-state index in [-0.39, 0.29) is 17.1 Å². The first-order chi connectivity index (χ1) is 10.2. The first-order valence-electron chi connectivity index (χ1n) is 9.15. The molecule has 0 radical (unpaired) electrons. The van der Waals surface area contributed by atoms with Crippen LogP contribution in [0.15, 0.2) is 11.1 Å². The highest BCUT2D eigenvalue weighted by Gasteiger charge is 2.54. The van der Waals surface area contributed by atoms with E-state index in [2.05, 4.69) is 27.7 Å². The third-order valence-electron chi connectivity index (χ3n) is 7.45. The molecule has 0 spiro atoms. The molecule has 0 aromatic rings. The summed E-state index contributed by atoms with van der Waals surface area (Å²) in [5.41, 5.74) is 1.36. The number of fused-ring (bicyclic) bond motifs is 2. The van der Waals surface area contributed by atoms with Gasteiger partial charge in [0.1, 0.15) is 0 Å². The van der Waals surface area contributed by atoms with Crippen molar-refractivity contribution in [2.24, 2.45) is 29.1 Å². The molecule has 0 aromatic heterocycles. The van der Waals surface area contributed by atoms with E-state index < -0.39 is 5.60 Å². The van der Waals surface area contributed by atoms with Gasteiger partial charge in [-0.25, -0.2) is 0 Å². The summed E-state index contributed by atoms with van der Waals surface area (Å²) in [5.74, 6) is 2.66. The van der Waals surface area contributed by atoms with Gasteiger partial charge in [-0.05, 0) is 79.3 Å². The van der Waals surface area contributed by atoms with Crippen molar-refractivity contribution >= 4 is 5.78 Å². The number of allylic oxidation sites excluding steroid dienone is 1. The molecule has 2 saturated carbocycles. The zero-order valence-corrected chi connectivity index (χ0v) is 14.9. The maximum atomic E-state index is 12.3. The molecule has 124 valence electrons. The Hall–Kier alpha value is -0.630. The molecule has 5 atom stereocenters. The van der Waals surface area contributed by atoms with E-state index in [0.29, 0.717) is 6.42 Å². The standard InChI is InChI=1S/C20H32O2/c1-12(2)15-8-9-19(5)10-17-14(4)18(21)11-20(17,22)13(3)6-7-16(15)19/h12-13,15-16,22H,6-11H2,1-5H3/t13-,15+,16-,19+,20-/m1/s1. The number of rotatable bonds is 1. The Balaban J connectivity index is 2.01. The molecule has 0 bridgehead atoms. The van der Waals surface area contributed by atoms with Crippen molar-refractivity contribution in [1.29, 1.82) is 0 Å². The molecule has 0 aromatic carbocycles. The lowest BCUT2D eigenvalue weighted by atomic mass is 9.62. The summed E-state index contributed by atoms with van der Waals surface area (Å²) >= 11 is 0. The summed E-state index contributed by atoms with van der Waals surface area (Å²) in [6.07, 6.45) is 6.07. The maximum Gasteiger partial charge on any atom is 0.161 e. The van der Waals surface area contributed by atoms with Crippen LogP contribution in [-0.4, -0.2) is 16.5 Å². The largest absolute Gasteiger partial charge is 0.385 e. The number of Topliss-reactive ketones (excluding diaryl/α,β-unsaturated/α-hetero) is 1. The number of carbonyl (C=O) groups is 1. The lowest BCUT2D eigenvalue weighted by molar-refractivity contribution is -0.118. The van der Waals surface area contributed by atoms with E-state index in [4.69, 9.17) is 0 Å². The van der Waals surface area contributed by atoms with E-state index in [1.165, 1.54) is 19.3 Å². The Kier molecular flexibility index (Phi) is 3.83. The molecular formula is C20H32O2. The molecule has 2 heteroatoms. The van der Waals surface area contributed by atoms with E-state index in [1.807, 2.05) is 6.92 Å². The van der Waals surface area contributed by atoms with Crippen LogP contribution in [0.25, 0.3) is 0 Å². The fraction of sp³-hybridized carbons (Fsp3) is 0.850. The lowest BCUT2D eigenvalue weighted by Crippen LogP contribution is -2.42. The summed E-state index contributed by atoms with van der Waals surface area (Å²) in [6, 6.07) is 0. The third-order valence-corrected chi connectivity index (χ3v) is 7.45. The topological polar surface area (TPSA) is 37.3 Å². The monoisotopic (exact) mass is 304 g/mol. The van der Waals surface area contributed by atoms with E-state index in [1.54, 1.807) is 0 Å². The molecule has 22 heavy (non-hydrogen) atoms. The minimum absolute atomic E-state index is 0.171. The summed E-state index contributed by atoms with van der Waals surface area (Å²) in [4.78, 5) is 12.3. The van der Waals surface area contributed by atoms with Crippen molar-refractivity contribution < 1.29 is 9.90 Å². The SMILES string of the molecule is CC1=C2C[C@]3(C)CC[C@@H](C(C)C)[C@H]3CC[C@@H](C)[C@]2(O)CC1=O. The number of aliphatic hydroxyl groups is 1. The second-order valence-corrected chi connectivity index (χ2v) is 8.99. The number of hydrogen-bond donors (Lipinski definition) is 1. The van der Waals surface area contributed by atoms with Gasteiger partial charge in [0.25, 0.3) is 0 Å². The van der Waals surface area contributed by atoms with Gasteiger partial charge in [-0.1, -0.05) is 27.7 Å². The Morgan fingerprint density at radius 3 is 2.50 bits per heavy atom. The molecule has 2 nitrogen and oxygen atoms in total. The average Bonchev–Trinajstić information content (AvgIpc) is 2.86. The molecule has 0 amide bonds. The molecule has 0 heterocycles. The van der Waals surface area contributed by atoms with Gasteiger partial charge in [0.15, 0.2) is 5.78 Å². The molecule has 1 N–H and O–H groups in total. The Bertz CT molecular complexity index is 518. The molecule has 3 aliphatic rings. The van der Waals surface area contributed by atoms with Gasteiger partial charge in [0, 0.05) is 6.42 Å². The zero-order chi connectivity index (χ0) is 16.3. The quantitative estimate of drug-likeness (QED) is 0.773. The first-order valence-corrected chi connectivity index (χ1v) is 9.15. The minimum Gasteiger partial charge on any atom is -0.385 e. The Labute approximate surface area is 135 Å². The molecule has 0 unspecified atom stereocenters. The van der Waals surface area contributed by atoms with Crippen molar-refractivity contribution in [3.63, 3.8) is 0 Å². The van der Waals surface area contributed by atoms with Crippen molar-refractivity contribution in [2.45, 2.75) is 78.7 Å². The second-order valence-electron chi connectivity index (χ2n) is 8.99. The van der Waals surface area contributed by atoms with Crippen LogP contribution >= 0.6 is 0 Å². The summed E-state index contributed by atoms with van der Waals surface area (Å²) in [6.45, 7) is 11.2. The van der Waals surface area contributed by atoms with Crippen LogP contribution in [0, 0.1) is 29.1 Å². The first kappa shape index (κ1) is 16.2. The molecule has 3 rings (SSSR count). The van der Waals surface area contributed by atoms with Crippen LogP contribution in [-0.2, 0) is 4.79 Å². The lowest BCUT2D eigenvalue weighted by Gasteiger charge is -2.44. The number of carbonyl (C=O) groups excluding carboxylic acids is 1. The van der Waals surface area contributed by atoms with Crippen LogP contribution in [0.2, 0.25) is 0 Å².